The zero-order valence-corrected chi connectivity index (χ0v) is 20.2. The number of carboxylic acid groups (broad SMARTS) is 1. The van der Waals surface area contributed by atoms with Crippen LogP contribution in [0.4, 0.5) is 4.79 Å². The maximum absolute atomic E-state index is 12.9. The Balaban J connectivity index is 1.67. The second kappa shape index (κ2) is 11.2. The molecule has 2 unspecified atom stereocenters. The normalized spacial score (nSPS) is 15.1. The molecule has 0 fully saturated rings. The van der Waals surface area contributed by atoms with E-state index in [-0.39, 0.29) is 24.4 Å². The molecular weight excluding hydrogens is 432 g/mol. The number of hydrogen-bond donors (Lipinski definition) is 3. The molecular formula is C27H34N2O5. The Labute approximate surface area is 200 Å². The topological polar surface area (TPSA) is 105 Å². The molecule has 3 rings (SSSR count). The Morgan fingerprint density at radius 1 is 0.941 bits per heavy atom. The summed E-state index contributed by atoms with van der Waals surface area (Å²) in [6.45, 7) is 7.65. The first-order chi connectivity index (χ1) is 16.2. The standard InChI is InChI=1S/C27H34N2O5/c1-5-17(4)24(26(31)32)29-25(30)23(14-16(2)3)28-27(33)34-15-22-20-12-8-6-10-18(20)19-11-7-9-13-21(19)22/h6-13,16-17,22-24H,5,14-15H2,1-4H3,(H,28,33)(H,29,30)(H,31,32)/t17?,23?,24-/m0/s1. The molecule has 0 saturated carbocycles. The van der Waals surface area contributed by atoms with Crippen molar-refractivity contribution in [2.45, 2.75) is 58.5 Å². The van der Waals surface area contributed by atoms with E-state index in [0.29, 0.717) is 12.8 Å². The van der Waals surface area contributed by atoms with Gasteiger partial charge in [0.25, 0.3) is 0 Å². The highest BCUT2D eigenvalue weighted by molar-refractivity contribution is 5.89. The molecule has 2 amide bonds. The van der Waals surface area contributed by atoms with Crippen LogP contribution in [-0.4, -0.2) is 41.8 Å². The van der Waals surface area contributed by atoms with Gasteiger partial charge in [-0.25, -0.2) is 9.59 Å². The fourth-order valence-electron chi connectivity index (χ4n) is 4.42. The number of alkyl carbamates (subject to hydrolysis) is 1. The summed E-state index contributed by atoms with van der Waals surface area (Å²) in [4.78, 5) is 37.2. The summed E-state index contributed by atoms with van der Waals surface area (Å²) < 4.78 is 5.58. The molecule has 0 bridgehead atoms. The van der Waals surface area contributed by atoms with Gasteiger partial charge in [0.1, 0.15) is 18.7 Å². The lowest BCUT2D eigenvalue weighted by molar-refractivity contribution is -0.143. The molecule has 0 heterocycles. The van der Waals surface area contributed by atoms with Gasteiger partial charge in [0.15, 0.2) is 0 Å². The highest BCUT2D eigenvalue weighted by Crippen LogP contribution is 2.44. The summed E-state index contributed by atoms with van der Waals surface area (Å²) in [6, 6.07) is 14.2. The van der Waals surface area contributed by atoms with Gasteiger partial charge in [-0.2, -0.15) is 0 Å². The van der Waals surface area contributed by atoms with Crippen molar-refractivity contribution < 1.29 is 24.2 Å². The monoisotopic (exact) mass is 466 g/mol. The van der Waals surface area contributed by atoms with Crippen molar-refractivity contribution in [2.75, 3.05) is 6.61 Å². The quantitative estimate of drug-likeness (QED) is 0.476. The van der Waals surface area contributed by atoms with E-state index in [0.717, 1.165) is 22.3 Å². The fourth-order valence-corrected chi connectivity index (χ4v) is 4.42. The van der Waals surface area contributed by atoms with E-state index in [2.05, 4.69) is 22.8 Å². The minimum absolute atomic E-state index is 0.0858. The van der Waals surface area contributed by atoms with E-state index in [1.54, 1.807) is 6.92 Å². The minimum Gasteiger partial charge on any atom is -0.480 e. The summed E-state index contributed by atoms with van der Waals surface area (Å²) in [5.74, 6) is -1.83. The molecule has 7 nitrogen and oxygen atoms in total. The number of rotatable bonds is 10. The largest absolute Gasteiger partial charge is 0.480 e. The van der Waals surface area contributed by atoms with E-state index in [9.17, 15) is 19.5 Å². The van der Waals surface area contributed by atoms with Gasteiger partial charge in [0.05, 0.1) is 0 Å². The van der Waals surface area contributed by atoms with Crippen LogP contribution in [0.25, 0.3) is 11.1 Å². The molecule has 0 aromatic heterocycles. The Morgan fingerprint density at radius 3 is 2.00 bits per heavy atom. The first-order valence-electron chi connectivity index (χ1n) is 11.9. The van der Waals surface area contributed by atoms with Crippen LogP contribution in [0.3, 0.4) is 0 Å². The number of hydrogen-bond acceptors (Lipinski definition) is 4. The molecule has 1 aliphatic carbocycles. The average molecular weight is 467 g/mol. The molecule has 7 heteroatoms. The van der Waals surface area contributed by atoms with Gasteiger partial charge in [-0.15, -0.1) is 0 Å². The number of ether oxygens (including phenoxy) is 1. The van der Waals surface area contributed by atoms with Crippen molar-refractivity contribution in [1.82, 2.24) is 10.6 Å². The van der Waals surface area contributed by atoms with Gasteiger partial charge in [-0.05, 0) is 40.5 Å². The number of benzene rings is 2. The lowest BCUT2D eigenvalue weighted by Gasteiger charge is -2.25. The lowest BCUT2D eigenvalue weighted by atomic mass is 9.97. The predicted octanol–water partition coefficient (Wildman–Crippen LogP) is 4.56. The summed E-state index contributed by atoms with van der Waals surface area (Å²) in [5, 5.41) is 14.8. The summed E-state index contributed by atoms with van der Waals surface area (Å²) in [6.07, 6.45) is 0.271. The predicted molar refractivity (Wildman–Crippen MR) is 130 cm³/mol. The number of nitrogens with one attached hydrogen (secondary N) is 2. The van der Waals surface area contributed by atoms with Crippen LogP contribution in [0.1, 0.15) is 57.6 Å². The number of amides is 2. The molecule has 3 atom stereocenters. The second-order valence-electron chi connectivity index (χ2n) is 9.36. The highest BCUT2D eigenvalue weighted by atomic mass is 16.5. The Kier molecular flexibility index (Phi) is 8.31. The molecule has 3 N–H and O–H groups in total. The Hall–Kier alpha value is -3.35. The van der Waals surface area contributed by atoms with Gasteiger partial charge in [0, 0.05) is 5.92 Å². The molecule has 0 aliphatic heterocycles. The molecule has 182 valence electrons. The van der Waals surface area contributed by atoms with Crippen LogP contribution in [0.5, 0.6) is 0 Å². The van der Waals surface area contributed by atoms with Crippen molar-refractivity contribution >= 4 is 18.0 Å². The van der Waals surface area contributed by atoms with Crippen LogP contribution in [-0.2, 0) is 14.3 Å². The van der Waals surface area contributed by atoms with Crippen molar-refractivity contribution in [2.24, 2.45) is 11.8 Å². The summed E-state index contributed by atoms with van der Waals surface area (Å²) in [5.41, 5.74) is 4.47. The van der Waals surface area contributed by atoms with Crippen molar-refractivity contribution in [3.8, 4) is 11.1 Å². The zero-order valence-electron chi connectivity index (χ0n) is 20.2. The smallest absolute Gasteiger partial charge is 0.407 e. The van der Waals surface area contributed by atoms with Crippen molar-refractivity contribution in [3.05, 3.63) is 59.7 Å². The van der Waals surface area contributed by atoms with Gasteiger partial charge < -0.3 is 20.5 Å². The van der Waals surface area contributed by atoms with Gasteiger partial charge in [-0.1, -0.05) is 82.6 Å². The highest BCUT2D eigenvalue weighted by Gasteiger charge is 2.32. The minimum atomic E-state index is -1.09. The molecule has 2 aromatic rings. The SMILES string of the molecule is CCC(C)[C@H](NC(=O)C(CC(C)C)NC(=O)OCC1c2ccccc2-c2ccccc21)C(=O)O. The van der Waals surface area contributed by atoms with Crippen LogP contribution in [0.2, 0.25) is 0 Å². The van der Waals surface area contributed by atoms with E-state index in [4.69, 9.17) is 4.74 Å². The molecule has 0 saturated heterocycles. The number of carbonyl (C=O) groups excluding carboxylic acids is 2. The number of carboxylic acids is 1. The van der Waals surface area contributed by atoms with Gasteiger partial charge in [0.2, 0.25) is 5.91 Å². The number of carbonyl (C=O) groups is 3. The van der Waals surface area contributed by atoms with E-state index in [1.807, 2.05) is 57.2 Å². The second-order valence-corrected chi connectivity index (χ2v) is 9.36. The molecule has 0 radical (unpaired) electrons. The van der Waals surface area contributed by atoms with Crippen LogP contribution in [0, 0.1) is 11.8 Å². The average Bonchev–Trinajstić information content (AvgIpc) is 3.13. The molecule has 1 aliphatic rings. The first-order valence-corrected chi connectivity index (χ1v) is 11.9. The van der Waals surface area contributed by atoms with E-state index >= 15 is 0 Å². The third kappa shape index (κ3) is 5.76. The van der Waals surface area contributed by atoms with E-state index < -0.39 is 30.1 Å². The fraction of sp³-hybridized carbons (Fsp3) is 0.444. The maximum atomic E-state index is 12.9. The third-order valence-electron chi connectivity index (χ3n) is 6.44. The lowest BCUT2D eigenvalue weighted by Crippen LogP contribution is -2.53. The van der Waals surface area contributed by atoms with E-state index in [1.165, 1.54) is 0 Å². The van der Waals surface area contributed by atoms with Crippen LogP contribution < -0.4 is 10.6 Å². The first kappa shape index (κ1) is 25.3. The summed E-state index contributed by atoms with van der Waals surface area (Å²) >= 11 is 0. The van der Waals surface area contributed by atoms with Crippen LogP contribution >= 0.6 is 0 Å². The Morgan fingerprint density at radius 2 is 1.50 bits per heavy atom. The Bertz CT molecular complexity index is 990. The van der Waals surface area contributed by atoms with Crippen LogP contribution in [0.15, 0.2) is 48.5 Å². The van der Waals surface area contributed by atoms with Crippen molar-refractivity contribution in [3.63, 3.8) is 0 Å². The summed E-state index contributed by atoms with van der Waals surface area (Å²) in [7, 11) is 0. The third-order valence-corrected chi connectivity index (χ3v) is 6.44. The zero-order chi connectivity index (χ0) is 24.8. The molecule has 2 aromatic carbocycles. The molecule has 34 heavy (non-hydrogen) atoms. The van der Waals surface area contributed by atoms with Gasteiger partial charge >= 0.3 is 12.1 Å². The number of aliphatic carboxylic acids is 1. The van der Waals surface area contributed by atoms with Gasteiger partial charge in [-0.3, -0.25) is 4.79 Å². The number of fused-ring (bicyclic) bond motifs is 3. The maximum Gasteiger partial charge on any atom is 0.407 e. The molecule has 0 spiro atoms. The van der Waals surface area contributed by atoms with Crippen molar-refractivity contribution in [1.29, 1.82) is 0 Å².